The number of benzene rings is 1. The first-order valence-electron chi connectivity index (χ1n) is 5.93. The minimum absolute atomic E-state index is 0.273. The number of nitrogens with one attached hydrogen (secondary N) is 1. The number of rotatable bonds is 3. The molecule has 1 fully saturated rings. The lowest BCUT2D eigenvalue weighted by molar-refractivity contribution is -0.140. The Morgan fingerprint density at radius 3 is 2.74 bits per heavy atom. The number of carbonyl (C=O) groups excluding carboxylic acids is 2. The summed E-state index contributed by atoms with van der Waals surface area (Å²) in [5.41, 5.74) is 8.49. The number of hydrogen-bond acceptors (Lipinski definition) is 4. The molecule has 0 bridgehead atoms. The number of carbonyl (C=O) groups is 2. The van der Waals surface area contributed by atoms with Gasteiger partial charge in [0.1, 0.15) is 6.10 Å². The molecule has 0 aliphatic carbocycles. The van der Waals surface area contributed by atoms with Gasteiger partial charge in [-0.15, -0.1) is 0 Å². The van der Waals surface area contributed by atoms with Gasteiger partial charge in [-0.3, -0.25) is 4.79 Å². The van der Waals surface area contributed by atoms with E-state index in [-0.39, 0.29) is 11.9 Å². The van der Waals surface area contributed by atoms with Gasteiger partial charge in [-0.25, -0.2) is 10.2 Å². The molecule has 1 aromatic carbocycles. The number of ether oxygens (including phenoxy) is 1. The third-order valence-electron chi connectivity index (χ3n) is 3.00. The number of amides is 2. The molecule has 6 nitrogen and oxygen atoms in total. The number of primary amides is 1. The van der Waals surface area contributed by atoms with Crippen molar-refractivity contribution in [2.24, 2.45) is 10.8 Å². The van der Waals surface area contributed by atoms with Gasteiger partial charge < -0.3 is 10.5 Å². The van der Waals surface area contributed by atoms with Crippen LogP contribution in [0.5, 0.6) is 0 Å². The van der Waals surface area contributed by atoms with Crippen LogP contribution < -0.4 is 11.2 Å². The molecule has 2 rings (SSSR count). The fourth-order valence-corrected chi connectivity index (χ4v) is 2.01. The van der Waals surface area contributed by atoms with Gasteiger partial charge in [0.25, 0.3) is 0 Å². The molecule has 0 radical (unpaired) electrons. The van der Waals surface area contributed by atoms with Crippen molar-refractivity contribution < 1.29 is 14.3 Å². The van der Waals surface area contributed by atoms with E-state index in [0.29, 0.717) is 12.1 Å². The zero-order valence-electron chi connectivity index (χ0n) is 10.5. The molecule has 1 aliphatic heterocycles. The number of hydrogen-bond donors (Lipinski definition) is 2. The van der Waals surface area contributed by atoms with Crippen LogP contribution in [0.15, 0.2) is 35.4 Å². The van der Waals surface area contributed by atoms with E-state index in [4.69, 9.17) is 10.5 Å². The van der Waals surface area contributed by atoms with Crippen molar-refractivity contribution >= 4 is 17.7 Å². The van der Waals surface area contributed by atoms with Gasteiger partial charge in [0.05, 0.1) is 11.6 Å². The topological polar surface area (TPSA) is 93.8 Å². The molecule has 2 amide bonds. The Labute approximate surface area is 110 Å². The third kappa shape index (κ3) is 3.09. The molecule has 0 unspecified atom stereocenters. The molecule has 19 heavy (non-hydrogen) atoms. The van der Waals surface area contributed by atoms with Crippen molar-refractivity contribution in [1.29, 1.82) is 0 Å². The Kier molecular flexibility index (Phi) is 3.79. The van der Waals surface area contributed by atoms with Crippen LogP contribution in [0.4, 0.5) is 4.79 Å². The summed E-state index contributed by atoms with van der Waals surface area (Å²) >= 11 is 0. The summed E-state index contributed by atoms with van der Waals surface area (Å²) in [4.78, 5) is 22.4. The highest BCUT2D eigenvalue weighted by Gasteiger charge is 2.36. The molecule has 0 saturated carbocycles. The number of hydrazone groups is 1. The molecule has 1 aliphatic rings. The molecule has 1 saturated heterocycles. The summed E-state index contributed by atoms with van der Waals surface area (Å²) in [6.07, 6.45) is 0.0862. The lowest BCUT2D eigenvalue weighted by Gasteiger charge is -2.07. The minimum Gasteiger partial charge on any atom is -0.456 e. The number of urea groups is 1. The van der Waals surface area contributed by atoms with Gasteiger partial charge in [0, 0.05) is 6.42 Å². The molecule has 1 aromatic rings. The summed E-state index contributed by atoms with van der Waals surface area (Å²) < 4.78 is 5.26. The molecular formula is C13H15N3O3. The van der Waals surface area contributed by atoms with Gasteiger partial charge in [0.2, 0.25) is 0 Å². The summed E-state index contributed by atoms with van der Waals surface area (Å²) in [5.74, 6) is -0.560. The SMILES string of the molecule is C/C(=N/NC(N)=O)[C@@H]1C[C@H](c2ccccc2)C(=O)O1. The average Bonchev–Trinajstić information content (AvgIpc) is 2.79. The van der Waals surface area contributed by atoms with Crippen LogP contribution in [0.2, 0.25) is 0 Å². The highest BCUT2D eigenvalue weighted by atomic mass is 16.6. The van der Waals surface area contributed by atoms with Crippen molar-refractivity contribution in [1.82, 2.24) is 5.43 Å². The Morgan fingerprint density at radius 1 is 1.42 bits per heavy atom. The standard InChI is InChI=1S/C13H15N3O3/c1-8(15-16-13(14)18)11-7-10(12(17)19-11)9-5-3-2-4-6-9/h2-6,10-11H,7H2,1H3,(H3,14,16,18)/b15-8-/t10-,11+/m1/s1. The van der Waals surface area contributed by atoms with E-state index in [1.54, 1.807) is 6.92 Å². The lowest BCUT2D eigenvalue weighted by atomic mass is 9.95. The molecule has 6 heteroatoms. The summed E-state index contributed by atoms with van der Waals surface area (Å²) in [7, 11) is 0. The normalized spacial score (nSPS) is 23.0. The number of cyclic esters (lactones) is 1. The predicted molar refractivity (Wildman–Crippen MR) is 69.5 cm³/mol. The Bertz CT molecular complexity index is 513. The first kappa shape index (κ1) is 13.1. The first-order valence-corrected chi connectivity index (χ1v) is 5.93. The van der Waals surface area contributed by atoms with Crippen molar-refractivity contribution in [3.05, 3.63) is 35.9 Å². The van der Waals surface area contributed by atoms with Gasteiger partial charge in [-0.05, 0) is 12.5 Å². The van der Waals surface area contributed by atoms with Gasteiger partial charge in [-0.1, -0.05) is 30.3 Å². The smallest absolute Gasteiger partial charge is 0.332 e. The second kappa shape index (κ2) is 5.51. The van der Waals surface area contributed by atoms with Crippen LogP contribution in [-0.2, 0) is 9.53 Å². The predicted octanol–water partition coefficient (Wildman–Crippen LogP) is 1.13. The first-order chi connectivity index (χ1) is 9.08. The minimum atomic E-state index is -0.747. The van der Waals surface area contributed by atoms with E-state index in [0.717, 1.165) is 5.56 Å². The van der Waals surface area contributed by atoms with Crippen molar-refractivity contribution in [3.63, 3.8) is 0 Å². The van der Waals surface area contributed by atoms with E-state index in [1.165, 1.54) is 0 Å². The molecule has 100 valence electrons. The monoisotopic (exact) mass is 261 g/mol. The van der Waals surface area contributed by atoms with Gasteiger partial charge in [-0.2, -0.15) is 5.10 Å². The van der Waals surface area contributed by atoms with E-state index in [2.05, 4.69) is 10.5 Å². The summed E-state index contributed by atoms with van der Waals surface area (Å²) in [6.45, 7) is 1.68. The van der Waals surface area contributed by atoms with Crippen molar-refractivity contribution in [2.75, 3.05) is 0 Å². The highest BCUT2D eigenvalue weighted by Crippen LogP contribution is 2.31. The number of nitrogens with two attached hydrogens (primary N) is 1. The molecular weight excluding hydrogens is 246 g/mol. The quantitative estimate of drug-likeness (QED) is 0.485. The molecule has 3 N–H and O–H groups in total. The maximum Gasteiger partial charge on any atom is 0.332 e. The summed E-state index contributed by atoms with van der Waals surface area (Å²) in [5, 5.41) is 3.78. The van der Waals surface area contributed by atoms with Crippen LogP contribution in [0.25, 0.3) is 0 Å². The Hall–Kier alpha value is -2.37. The Morgan fingerprint density at radius 2 is 2.11 bits per heavy atom. The molecule has 0 spiro atoms. The van der Waals surface area contributed by atoms with E-state index < -0.39 is 12.1 Å². The fourth-order valence-electron chi connectivity index (χ4n) is 2.01. The fraction of sp³-hybridized carbons (Fsp3) is 0.308. The van der Waals surface area contributed by atoms with Crippen molar-refractivity contribution in [3.8, 4) is 0 Å². The highest BCUT2D eigenvalue weighted by molar-refractivity contribution is 5.93. The van der Waals surface area contributed by atoms with Crippen LogP contribution in [0.1, 0.15) is 24.8 Å². The maximum atomic E-state index is 11.8. The summed E-state index contributed by atoms with van der Waals surface area (Å²) in [6, 6.07) is 8.69. The van der Waals surface area contributed by atoms with Crippen molar-refractivity contribution in [2.45, 2.75) is 25.4 Å². The van der Waals surface area contributed by atoms with E-state index in [1.807, 2.05) is 30.3 Å². The second-order valence-electron chi connectivity index (χ2n) is 4.35. The van der Waals surface area contributed by atoms with Crippen LogP contribution in [0.3, 0.4) is 0 Å². The van der Waals surface area contributed by atoms with Crippen LogP contribution >= 0.6 is 0 Å². The van der Waals surface area contributed by atoms with Crippen LogP contribution in [0, 0.1) is 0 Å². The van der Waals surface area contributed by atoms with Crippen LogP contribution in [-0.4, -0.2) is 23.8 Å². The molecule has 2 atom stereocenters. The van der Waals surface area contributed by atoms with E-state index in [9.17, 15) is 9.59 Å². The zero-order chi connectivity index (χ0) is 13.8. The van der Waals surface area contributed by atoms with E-state index >= 15 is 0 Å². The maximum absolute atomic E-state index is 11.8. The largest absolute Gasteiger partial charge is 0.456 e. The molecule has 0 aromatic heterocycles. The third-order valence-corrected chi connectivity index (χ3v) is 3.00. The second-order valence-corrected chi connectivity index (χ2v) is 4.35. The van der Waals surface area contributed by atoms with Gasteiger partial charge in [0.15, 0.2) is 0 Å². The Balaban J connectivity index is 2.07. The molecule has 1 heterocycles. The number of nitrogens with zero attached hydrogens (tertiary/aromatic N) is 1. The van der Waals surface area contributed by atoms with Gasteiger partial charge >= 0.3 is 12.0 Å². The number of esters is 1. The lowest BCUT2D eigenvalue weighted by Crippen LogP contribution is -2.28. The zero-order valence-corrected chi connectivity index (χ0v) is 10.5. The average molecular weight is 261 g/mol.